The molecule has 9 nitrogen and oxygen atoms in total. The lowest BCUT2D eigenvalue weighted by Gasteiger charge is -2.24. The highest BCUT2D eigenvalue weighted by Crippen LogP contribution is 2.59. The Hall–Kier alpha value is -2.78. The summed E-state index contributed by atoms with van der Waals surface area (Å²) < 4.78 is 77.5. The quantitative estimate of drug-likeness (QED) is 0.410. The Balaban J connectivity index is 1.70. The Kier molecular flexibility index (Phi) is 7.00. The van der Waals surface area contributed by atoms with Crippen molar-refractivity contribution in [2.45, 2.75) is 21.8 Å². The third-order valence-electron chi connectivity index (χ3n) is 5.98. The fourth-order valence-electron chi connectivity index (χ4n) is 4.24. The van der Waals surface area contributed by atoms with Crippen molar-refractivity contribution in [3.63, 3.8) is 0 Å². The second kappa shape index (κ2) is 9.59. The van der Waals surface area contributed by atoms with E-state index in [4.69, 9.17) is 9.57 Å². The number of benzene rings is 1. The average molecular weight is 546 g/mol. The van der Waals surface area contributed by atoms with Crippen LogP contribution < -0.4 is 4.72 Å². The van der Waals surface area contributed by atoms with Crippen molar-refractivity contribution in [1.82, 2.24) is 14.9 Å². The average Bonchev–Trinajstić information content (AvgIpc) is 3.26. The molecule has 1 fully saturated rings. The van der Waals surface area contributed by atoms with E-state index < -0.39 is 45.2 Å². The molecule has 1 aliphatic carbocycles. The van der Waals surface area contributed by atoms with E-state index >= 15 is 0 Å². The highest BCUT2D eigenvalue weighted by Gasteiger charge is 2.72. The summed E-state index contributed by atoms with van der Waals surface area (Å²) >= 11 is 0.695. The van der Waals surface area contributed by atoms with Crippen LogP contribution in [0.15, 0.2) is 57.3 Å². The van der Waals surface area contributed by atoms with Gasteiger partial charge in [-0.1, -0.05) is 35.5 Å². The van der Waals surface area contributed by atoms with Crippen molar-refractivity contribution in [1.29, 1.82) is 0 Å². The van der Waals surface area contributed by atoms with Crippen LogP contribution in [-0.4, -0.2) is 58.0 Å². The molecule has 2 heterocycles. The van der Waals surface area contributed by atoms with Crippen LogP contribution in [0.3, 0.4) is 0 Å². The smallest absolute Gasteiger partial charge is 0.384 e. The molecule has 3 atom stereocenters. The van der Waals surface area contributed by atoms with Gasteiger partial charge in [-0.25, -0.2) is 13.5 Å². The van der Waals surface area contributed by atoms with Crippen molar-refractivity contribution in [3.8, 4) is 10.6 Å². The maximum absolute atomic E-state index is 13.5. The molecule has 1 N–H and O–H groups in total. The normalized spacial score (nSPS) is 21.9. The number of nitrogens with one attached hydrogen (secondary N) is 1. The molecule has 1 aromatic carbocycles. The van der Waals surface area contributed by atoms with E-state index in [-0.39, 0.29) is 21.4 Å². The van der Waals surface area contributed by atoms with Gasteiger partial charge in [0, 0.05) is 32.1 Å². The van der Waals surface area contributed by atoms with Gasteiger partial charge in [0.25, 0.3) is 15.9 Å². The number of thiophene rings is 1. The van der Waals surface area contributed by atoms with E-state index in [0.717, 1.165) is 10.6 Å². The minimum Gasteiger partial charge on any atom is -0.384 e. The number of alkyl halides is 3. The zero-order chi connectivity index (χ0) is 26.3. The zero-order valence-electron chi connectivity index (χ0n) is 19.3. The van der Waals surface area contributed by atoms with Gasteiger partial charge >= 0.3 is 6.18 Å². The molecule has 194 valence electrons. The molecule has 1 amide bonds. The molecule has 4 rings (SSSR count). The molecule has 36 heavy (non-hydrogen) atoms. The number of ether oxygens (including phenoxy) is 1. The van der Waals surface area contributed by atoms with E-state index in [1.165, 1.54) is 33.4 Å². The topological polar surface area (TPSA) is 111 Å². The monoisotopic (exact) mass is 545 g/mol. The number of sulfonamides is 1. The lowest BCUT2D eigenvalue weighted by Crippen LogP contribution is -2.51. The number of carbonyl (C=O) groups is 1. The van der Waals surface area contributed by atoms with E-state index in [1.54, 1.807) is 30.3 Å². The number of aromatic nitrogens is 1. The number of hydroxylamine groups is 2. The molecule has 0 bridgehead atoms. The molecule has 2 aromatic heterocycles. The molecule has 3 unspecified atom stereocenters. The highest BCUT2D eigenvalue weighted by atomic mass is 32.2. The molecule has 0 radical (unpaired) electrons. The van der Waals surface area contributed by atoms with Crippen molar-refractivity contribution in [3.05, 3.63) is 59.9 Å². The maximum atomic E-state index is 13.5. The first-order chi connectivity index (χ1) is 17.0. The summed E-state index contributed by atoms with van der Waals surface area (Å²) in [6.07, 6.45) is -4.73. The third kappa shape index (κ3) is 4.66. The number of nitrogens with zero attached hydrogens (tertiary/aromatic N) is 2. The van der Waals surface area contributed by atoms with Crippen LogP contribution in [0.2, 0.25) is 0 Å². The standard InChI is InChI=1S/C22H22F3N3O6S2/c1-28(33-3)20(29)21(14(12-32-2)19(21)13-7-5-4-6-8-13)27-36(30,31)18-10-9-16(35-18)15-11-17(34-26-15)22(23,24)25/h4-11,14,19,27H,12H2,1-3H3. The fraction of sp³-hybridized carbons (Fsp3) is 0.364. The van der Waals surface area contributed by atoms with Gasteiger partial charge in [0.05, 0.1) is 18.6 Å². The first-order valence-corrected chi connectivity index (χ1v) is 12.8. The lowest BCUT2D eigenvalue weighted by atomic mass is 10.1. The van der Waals surface area contributed by atoms with Crippen LogP contribution >= 0.6 is 11.3 Å². The Morgan fingerprint density at radius 1 is 1.22 bits per heavy atom. The molecule has 14 heteroatoms. The minimum atomic E-state index is -4.73. The summed E-state index contributed by atoms with van der Waals surface area (Å²) in [5.74, 6) is -3.02. The van der Waals surface area contributed by atoms with Crippen LogP contribution in [0, 0.1) is 5.92 Å². The Morgan fingerprint density at radius 2 is 1.92 bits per heavy atom. The molecule has 0 spiro atoms. The molecule has 0 aliphatic heterocycles. The SMILES string of the molecule is COCC1C(c2ccccc2)C1(NS(=O)(=O)c1ccc(-c2cc(C(F)(F)F)on2)s1)C(=O)N(C)OC. The van der Waals surface area contributed by atoms with Crippen LogP contribution in [-0.2, 0) is 30.6 Å². The summed E-state index contributed by atoms with van der Waals surface area (Å²) in [5, 5.41) is 4.34. The third-order valence-corrected chi connectivity index (χ3v) is 9.06. The van der Waals surface area contributed by atoms with Crippen LogP contribution in [0.25, 0.3) is 10.6 Å². The largest absolute Gasteiger partial charge is 0.452 e. The Bertz CT molecular complexity index is 1340. The predicted molar refractivity (Wildman–Crippen MR) is 122 cm³/mol. The second-order valence-electron chi connectivity index (χ2n) is 8.10. The summed E-state index contributed by atoms with van der Waals surface area (Å²) in [4.78, 5) is 18.7. The number of amides is 1. The summed E-state index contributed by atoms with van der Waals surface area (Å²) in [7, 11) is -0.215. The molecule has 1 saturated carbocycles. The molecule has 0 saturated heterocycles. The molecular formula is C22H22F3N3O6S2. The highest BCUT2D eigenvalue weighted by molar-refractivity contribution is 7.91. The number of rotatable bonds is 9. The van der Waals surface area contributed by atoms with Gasteiger partial charge in [-0.05, 0) is 17.7 Å². The minimum absolute atomic E-state index is 0.0836. The maximum Gasteiger partial charge on any atom is 0.452 e. The van der Waals surface area contributed by atoms with Crippen LogP contribution in [0.5, 0.6) is 0 Å². The molecule has 1 aliphatic rings. The van der Waals surface area contributed by atoms with E-state index in [9.17, 15) is 26.4 Å². The predicted octanol–water partition coefficient (Wildman–Crippen LogP) is 3.52. The number of likely N-dealkylation sites (N-methyl/N-ethyl adjacent to an activating group) is 1. The first-order valence-electron chi connectivity index (χ1n) is 10.5. The van der Waals surface area contributed by atoms with Gasteiger partial charge in [0.2, 0.25) is 5.76 Å². The number of hydrogen-bond donors (Lipinski definition) is 1. The van der Waals surface area contributed by atoms with Crippen molar-refractivity contribution >= 4 is 27.3 Å². The number of halogens is 3. The number of carbonyl (C=O) groups excluding carboxylic acids is 1. The van der Waals surface area contributed by atoms with Crippen LogP contribution in [0.4, 0.5) is 13.2 Å². The van der Waals surface area contributed by atoms with Crippen LogP contribution in [0.1, 0.15) is 17.2 Å². The first kappa shape index (κ1) is 26.3. The fourth-order valence-corrected chi connectivity index (χ4v) is 6.92. The van der Waals surface area contributed by atoms with Crippen molar-refractivity contribution < 1.29 is 40.5 Å². The summed E-state index contributed by atoms with van der Waals surface area (Å²) in [6, 6.07) is 12.2. The lowest BCUT2D eigenvalue weighted by molar-refractivity contribution is -0.172. The molecule has 3 aromatic rings. The number of methoxy groups -OCH3 is 1. The Labute approximate surface area is 208 Å². The van der Waals surface area contributed by atoms with Gasteiger partial charge < -0.3 is 9.26 Å². The zero-order valence-corrected chi connectivity index (χ0v) is 20.9. The summed E-state index contributed by atoms with van der Waals surface area (Å²) in [5.41, 5.74) is -1.04. The number of hydrogen-bond acceptors (Lipinski definition) is 8. The summed E-state index contributed by atoms with van der Waals surface area (Å²) in [6.45, 7) is 0.0836. The molecular weight excluding hydrogens is 523 g/mol. The van der Waals surface area contributed by atoms with Gasteiger partial charge in [0.1, 0.15) is 15.4 Å². The van der Waals surface area contributed by atoms with Gasteiger partial charge in [-0.3, -0.25) is 9.63 Å². The van der Waals surface area contributed by atoms with Crippen molar-refractivity contribution in [2.75, 3.05) is 27.9 Å². The van der Waals surface area contributed by atoms with E-state index in [1.807, 2.05) is 0 Å². The Morgan fingerprint density at radius 3 is 2.50 bits per heavy atom. The second-order valence-corrected chi connectivity index (χ2v) is 11.1. The van der Waals surface area contributed by atoms with E-state index in [2.05, 4.69) is 14.4 Å². The van der Waals surface area contributed by atoms with Crippen molar-refractivity contribution in [2.24, 2.45) is 5.92 Å². The van der Waals surface area contributed by atoms with Gasteiger partial charge in [0.15, 0.2) is 0 Å². The van der Waals surface area contributed by atoms with E-state index in [0.29, 0.717) is 17.4 Å². The van der Waals surface area contributed by atoms with Gasteiger partial charge in [-0.2, -0.15) is 17.9 Å². The van der Waals surface area contributed by atoms with Gasteiger partial charge in [-0.15, -0.1) is 11.3 Å².